The van der Waals surface area contributed by atoms with E-state index in [-0.39, 0.29) is 18.5 Å². The first-order valence-electron chi connectivity index (χ1n) is 9.51. The number of piperazine rings is 1. The van der Waals surface area contributed by atoms with Crippen LogP contribution in [0.2, 0.25) is 0 Å². The number of urea groups is 1. The fourth-order valence-electron chi connectivity index (χ4n) is 3.20. The van der Waals surface area contributed by atoms with Gasteiger partial charge in [-0.3, -0.25) is 4.79 Å². The Morgan fingerprint density at radius 1 is 1.00 bits per heavy atom. The summed E-state index contributed by atoms with van der Waals surface area (Å²) in [4.78, 5) is 28.1. The lowest BCUT2D eigenvalue weighted by Gasteiger charge is -2.35. The van der Waals surface area contributed by atoms with E-state index in [0.717, 1.165) is 11.8 Å². The Kier molecular flexibility index (Phi) is 6.77. The van der Waals surface area contributed by atoms with Gasteiger partial charge in [0.2, 0.25) is 5.91 Å². The number of rotatable bonds is 5. The number of anilines is 1. The molecular weight excluding hydrogens is 378 g/mol. The van der Waals surface area contributed by atoms with Crippen molar-refractivity contribution in [3.8, 4) is 0 Å². The molecule has 1 saturated heterocycles. The highest BCUT2D eigenvalue weighted by molar-refractivity contribution is 5.89. The van der Waals surface area contributed by atoms with Crippen LogP contribution in [0.4, 0.5) is 19.3 Å². The number of nitrogens with one attached hydrogen (secondary N) is 2. The van der Waals surface area contributed by atoms with Crippen molar-refractivity contribution < 1.29 is 18.4 Å². The largest absolute Gasteiger partial charge is 0.338 e. The second-order valence-electron chi connectivity index (χ2n) is 6.93. The number of carbonyl (C=O) groups is 2. The highest BCUT2D eigenvalue weighted by Gasteiger charge is 2.24. The first kappa shape index (κ1) is 20.7. The molecule has 1 aliphatic rings. The van der Waals surface area contributed by atoms with Gasteiger partial charge in [-0.05, 0) is 25.1 Å². The van der Waals surface area contributed by atoms with Crippen LogP contribution >= 0.6 is 0 Å². The van der Waals surface area contributed by atoms with E-state index in [9.17, 15) is 18.4 Å². The third-order valence-electron chi connectivity index (χ3n) is 4.93. The Balaban J connectivity index is 1.44. The summed E-state index contributed by atoms with van der Waals surface area (Å²) in [6.07, 6.45) is 0. The molecule has 6 nitrogen and oxygen atoms in total. The van der Waals surface area contributed by atoms with Crippen LogP contribution in [0.3, 0.4) is 0 Å². The van der Waals surface area contributed by atoms with E-state index < -0.39 is 17.7 Å². The van der Waals surface area contributed by atoms with Crippen LogP contribution in [-0.2, 0) is 4.79 Å². The molecule has 0 saturated carbocycles. The van der Waals surface area contributed by atoms with Gasteiger partial charge >= 0.3 is 6.03 Å². The second kappa shape index (κ2) is 9.47. The van der Waals surface area contributed by atoms with Crippen LogP contribution in [0.15, 0.2) is 48.5 Å². The van der Waals surface area contributed by atoms with Gasteiger partial charge in [-0.2, -0.15) is 0 Å². The zero-order chi connectivity index (χ0) is 20.8. The lowest BCUT2D eigenvalue weighted by Crippen LogP contribution is -2.53. The minimum atomic E-state index is -0.643. The molecule has 0 aromatic heterocycles. The highest BCUT2D eigenvalue weighted by atomic mass is 19.1. The van der Waals surface area contributed by atoms with Gasteiger partial charge in [-0.1, -0.05) is 24.3 Å². The summed E-state index contributed by atoms with van der Waals surface area (Å²) in [5.41, 5.74) is 1.03. The van der Waals surface area contributed by atoms with Crippen molar-refractivity contribution >= 4 is 17.6 Å². The Morgan fingerprint density at radius 3 is 2.31 bits per heavy atom. The number of halogens is 2. The van der Waals surface area contributed by atoms with Crippen LogP contribution in [-0.4, -0.2) is 54.5 Å². The summed E-state index contributed by atoms with van der Waals surface area (Å²) < 4.78 is 26.9. The molecule has 1 heterocycles. The summed E-state index contributed by atoms with van der Waals surface area (Å²) in [7, 11) is 0. The van der Waals surface area contributed by atoms with Crippen molar-refractivity contribution in [3.63, 3.8) is 0 Å². The minimum absolute atomic E-state index is 0.0359. The third-order valence-corrected chi connectivity index (χ3v) is 4.93. The minimum Gasteiger partial charge on any atom is -0.338 e. The lowest BCUT2D eigenvalue weighted by molar-refractivity contribution is -0.131. The van der Waals surface area contributed by atoms with Crippen LogP contribution in [0, 0.1) is 11.6 Å². The smallest absolute Gasteiger partial charge is 0.321 e. The van der Waals surface area contributed by atoms with Crippen LogP contribution < -0.4 is 10.6 Å². The van der Waals surface area contributed by atoms with E-state index in [2.05, 4.69) is 10.6 Å². The maximum atomic E-state index is 13.8. The predicted octanol–water partition coefficient (Wildman–Crippen LogP) is 2.99. The van der Waals surface area contributed by atoms with Gasteiger partial charge in [0, 0.05) is 49.5 Å². The quantitative estimate of drug-likeness (QED) is 0.808. The fraction of sp³-hybridized carbons (Fsp3) is 0.333. The van der Waals surface area contributed by atoms with Gasteiger partial charge in [0.05, 0.1) is 6.54 Å². The molecule has 3 amide bonds. The number of amides is 3. The molecule has 0 radical (unpaired) electrons. The standard InChI is InChI=1S/C21H24F2N4O2/c1-15(18-8-7-16(22)13-19(18)23)24-14-20(28)26-9-11-27(12-10-26)21(29)25-17-5-3-2-4-6-17/h2-8,13,15,24H,9-12,14H2,1H3,(H,25,29). The average Bonchev–Trinajstić information content (AvgIpc) is 2.72. The normalized spacial score (nSPS) is 15.1. The molecule has 2 aromatic carbocycles. The molecular formula is C21H24F2N4O2. The number of para-hydroxylation sites is 1. The van der Waals surface area contributed by atoms with E-state index in [4.69, 9.17) is 0 Å². The highest BCUT2D eigenvalue weighted by Crippen LogP contribution is 2.17. The molecule has 1 unspecified atom stereocenters. The maximum absolute atomic E-state index is 13.8. The summed E-state index contributed by atoms with van der Waals surface area (Å²) in [6.45, 7) is 3.49. The molecule has 1 aliphatic heterocycles. The van der Waals surface area contributed by atoms with Crippen molar-refractivity contribution in [1.29, 1.82) is 0 Å². The van der Waals surface area contributed by atoms with Gasteiger partial charge in [0.1, 0.15) is 11.6 Å². The van der Waals surface area contributed by atoms with Crippen LogP contribution in [0.1, 0.15) is 18.5 Å². The van der Waals surface area contributed by atoms with E-state index in [0.29, 0.717) is 31.7 Å². The Labute approximate surface area is 168 Å². The zero-order valence-electron chi connectivity index (χ0n) is 16.2. The SMILES string of the molecule is CC(NCC(=O)N1CCN(C(=O)Nc2ccccc2)CC1)c1ccc(F)cc1F. The van der Waals surface area contributed by atoms with Gasteiger partial charge in [-0.15, -0.1) is 0 Å². The monoisotopic (exact) mass is 402 g/mol. The van der Waals surface area contributed by atoms with Crippen molar-refractivity contribution in [3.05, 3.63) is 65.7 Å². The molecule has 3 rings (SSSR count). The van der Waals surface area contributed by atoms with Crippen molar-refractivity contribution in [2.24, 2.45) is 0 Å². The van der Waals surface area contributed by atoms with Gasteiger partial charge in [0.25, 0.3) is 0 Å². The van der Waals surface area contributed by atoms with Gasteiger partial charge < -0.3 is 20.4 Å². The topological polar surface area (TPSA) is 64.7 Å². The van der Waals surface area contributed by atoms with Crippen molar-refractivity contribution in [2.75, 3.05) is 38.0 Å². The molecule has 1 fully saturated rings. The van der Waals surface area contributed by atoms with Crippen molar-refractivity contribution in [1.82, 2.24) is 15.1 Å². The summed E-state index contributed by atoms with van der Waals surface area (Å²) in [5.74, 6) is -1.40. The van der Waals surface area contributed by atoms with E-state index >= 15 is 0 Å². The first-order valence-corrected chi connectivity index (χ1v) is 9.51. The molecule has 154 valence electrons. The summed E-state index contributed by atoms with van der Waals surface area (Å²) in [5, 5.41) is 5.81. The summed E-state index contributed by atoms with van der Waals surface area (Å²) >= 11 is 0. The molecule has 1 atom stereocenters. The van der Waals surface area contributed by atoms with Crippen molar-refractivity contribution in [2.45, 2.75) is 13.0 Å². The molecule has 2 N–H and O–H groups in total. The first-order chi connectivity index (χ1) is 13.9. The number of hydrogen-bond acceptors (Lipinski definition) is 3. The van der Waals surface area contributed by atoms with Crippen LogP contribution in [0.25, 0.3) is 0 Å². The van der Waals surface area contributed by atoms with E-state index in [1.54, 1.807) is 16.7 Å². The average molecular weight is 402 g/mol. The molecule has 0 spiro atoms. The van der Waals surface area contributed by atoms with Gasteiger partial charge in [0.15, 0.2) is 0 Å². The molecule has 8 heteroatoms. The molecule has 0 aliphatic carbocycles. The Morgan fingerprint density at radius 2 is 1.66 bits per heavy atom. The number of hydrogen-bond donors (Lipinski definition) is 2. The number of benzene rings is 2. The van der Waals surface area contributed by atoms with E-state index in [1.807, 2.05) is 30.3 Å². The molecule has 0 bridgehead atoms. The maximum Gasteiger partial charge on any atom is 0.321 e. The number of nitrogens with zero attached hydrogens (tertiary/aromatic N) is 2. The molecule has 29 heavy (non-hydrogen) atoms. The molecule has 2 aromatic rings. The van der Waals surface area contributed by atoms with E-state index in [1.165, 1.54) is 12.1 Å². The van der Waals surface area contributed by atoms with Crippen LogP contribution in [0.5, 0.6) is 0 Å². The zero-order valence-corrected chi connectivity index (χ0v) is 16.2. The predicted molar refractivity (Wildman–Crippen MR) is 106 cm³/mol. The lowest BCUT2D eigenvalue weighted by atomic mass is 10.1. The number of carbonyl (C=O) groups excluding carboxylic acids is 2. The van der Waals surface area contributed by atoms with Gasteiger partial charge in [-0.25, -0.2) is 13.6 Å². The summed E-state index contributed by atoms with van der Waals surface area (Å²) in [6, 6.07) is 12.0. The third kappa shape index (κ3) is 5.51. The Bertz CT molecular complexity index is 855. The fourth-order valence-corrected chi connectivity index (χ4v) is 3.20. The second-order valence-corrected chi connectivity index (χ2v) is 6.93. The Hall–Kier alpha value is -3.00.